The van der Waals surface area contributed by atoms with Crippen molar-refractivity contribution >= 4 is 32.3 Å². The lowest BCUT2D eigenvalue weighted by Crippen LogP contribution is -2.04. The molecule has 0 saturated heterocycles. The topological polar surface area (TPSA) is 192 Å². The zero-order chi connectivity index (χ0) is 21.8. The zero-order valence-corrected chi connectivity index (χ0v) is 15.5. The Morgan fingerprint density at radius 3 is 2.10 bits per heavy atom. The maximum absolute atomic E-state index is 10.8. The highest BCUT2D eigenvalue weighted by Gasteiger charge is 2.22. The molecule has 0 aliphatic heterocycles. The van der Waals surface area contributed by atoms with Gasteiger partial charge >= 0.3 is 15.8 Å². The summed E-state index contributed by atoms with van der Waals surface area (Å²) in [4.78, 5) is 9.96. The third kappa shape index (κ3) is 3.39. The van der Waals surface area contributed by atoms with Gasteiger partial charge in [0.05, 0.1) is 17.5 Å². The summed E-state index contributed by atoms with van der Waals surface area (Å²) < 4.78 is 45.8. The molecule has 2 heterocycles. The fourth-order valence-corrected chi connectivity index (χ4v) is 3.27. The molecular weight excluding hydrogens is 424 g/mol. The monoisotopic (exact) mass is 437 g/mol. The van der Waals surface area contributed by atoms with E-state index in [1.807, 2.05) is 0 Å². The van der Waals surface area contributed by atoms with E-state index in [4.69, 9.17) is 13.4 Å². The first-order valence-electron chi connectivity index (χ1n) is 8.15. The smallest absolute Gasteiger partial charge is 0.397 e. The van der Waals surface area contributed by atoms with E-state index in [9.17, 15) is 33.6 Å². The molecule has 0 aliphatic carbocycles. The lowest BCUT2D eigenvalue weighted by Gasteiger charge is -2.12. The number of phenols is 3. The molecule has 4 rings (SSSR count). The van der Waals surface area contributed by atoms with E-state index in [2.05, 4.69) is 4.18 Å². The average molecular weight is 437 g/mol. The summed E-state index contributed by atoms with van der Waals surface area (Å²) in [6, 6.07) is 5.70. The molecular formula is C18H13O11S+. The van der Waals surface area contributed by atoms with E-state index in [-0.39, 0.29) is 44.5 Å². The molecule has 2 aromatic heterocycles. The van der Waals surface area contributed by atoms with Crippen LogP contribution in [0.4, 0.5) is 0 Å². The van der Waals surface area contributed by atoms with Crippen LogP contribution in [-0.2, 0) is 21.2 Å². The van der Waals surface area contributed by atoms with Gasteiger partial charge in [0, 0.05) is 10.9 Å². The highest BCUT2D eigenvalue weighted by molar-refractivity contribution is 7.80. The van der Waals surface area contributed by atoms with Crippen LogP contribution < -0.4 is 5.43 Å². The molecule has 0 spiro atoms. The normalized spacial score (nSPS) is 12.0. The van der Waals surface area contributed by atoms with Crippen LogP contribution in [-0.4, -0.2) is 38.2 Å². The maximum atomic E-state index is 10.8. The second-order valence-electron chi connectivity index (χ2n) is 6.28. The van der Waals surface area contributed by atoms with Crippen molar-refractivity contribution in [2.45, 2.75) is 6.61 Å². The Balaban J connectivity index is 2.03. The Kier molecular flexibility index (Phi) is 4.34. The zero-order valence-electron chi connectivity index (χ0n) is 14.7. The fourth-order valence-electron chi connectivity index (χ4n) is 3.01. The highest BCUT2D eigenvalue weighted by atomic mass is 32.3. The number of rotatable bonds is 4. The number of aromatic hydroxyl groups is 4. The molecule has 0 radical (unpaired) electrons. The molecule has 0 amide bonds. The van der Waals surface area contributed by atoms with Gasteiger partial charge in [-0.1, -0.05) is 0 Å². The van der Waals surface area contributed by atoms with Crippen molar-refractivity contribution < 1.29 is 51.2 Å². The summed E-state index contributed by atoms with van der Waals surface area (Å²) in [7, 11) is -4.77. The molecule has 0 fully saturated rings. The Bertz CT molecular complexity index is 1450. The first-order valence-corrected chi connectivity index (χ1v) is 9.51. The number of hydrogen-bond donors (Lipinski definition) is 5. The summed E-state index contributed by atoms with van der Waals surface area (Å²) in [5.41, 5.74) is -0.236. The van der Waals surface area contributed by atoms with Gasteiger partial charge in [-0.25, -0.2) is 4.18 Å². The summed E-state index contributed by atoms with van der Waals surface area (Å²) in [6.07, 6.45) is 0. The van der Waals surface area contributed by atoms with Crippen molar-refractivity contribution in [3.8, 4) is 34.3 Å². The maximum Gasteiger partial charge on any atom is 0.397 e. The minimum Gasteiger partial charge on any atom is -0.504 e. The van der Waals surface area contributed by atoms with Gasteiger partial charge in [0.15, 0.2) is 28.8 Å². The van der Waals surface area contributed by atoms with Gasteiger partial charge in [0.1, 0.15) is 23.5 Å². The van der Waals surface area contributed by atoms with Crippen LogP contribution in [0.15, 0.2) is 39.2 Å². The Morgan fingerprint density at radius 2 is 1.50 bits per heavy atom. The van der Waals surface area contributed by atoms with Crippen molar-refractivity contribution in [1.82, 2.24) is 0 Å². The Hall–Kier alpha value is -3.74. The standard InChI is InChI=1S/C18H12O11S/c19-8-3-13-15-10(5-9(28-13)6-27-30(24,25)26)16(22)18(29-14(15)4-8)7-1-11(20)17(23)12(21)2-7/h1-5,20-23H,6H2,(H,24,25,26)/p+1. The quantitative estimate of drug-likeness (QED) is 0.179. The number of phenolic OH excluding ortho intramolecular Hbond substituents is 3. The molecule has 4 aromatic rings. The lowest BCUT2D eigenvalue weighted by atomic mass is 10.0. The molecule has 0 unspecified atom stereocenters. The van der Waals surface area contributed by atoms with Crippen LogP contribution >= 0.6 is 0 Å². The van der Waals surface area contributed by atoms with E-state index in [1.165, 1.54) is 18.2 Å². The van der Waals surface area contributed by atoms with Gasteiger partial charge < -0.3 is 29.3 Å². The molecule has 2 aromatic carbocycles. The molecule has 0 atom stereocenters. The Labute approximate surface area is 166 Å². The van der Waals surface area contributed by atoms with Crippen molar-refractivity contribution in [1.29, 1.82) is 0 Å². The van der Waals surface area contributed by atoms with Gasteiger partial charge in [-0.3, -0.25) is 9.35 Å². The molecule has 0 aliphatic rings. The van der Waals surface area contributed by atoms with Crippen LogP contribution in [0.25, 0.3) is 33.3 Å². The molecule has 30 heavy (non-hydrogen) atoms. The number of hydrogen-bond acceptors (Lipinski definition) is 9. The van der Waals surface area contributed by atoms with Gasteiger partial charge in [0.25, 0.3) is 0 Å². The lowest BCUT2D eigenvalue weighted by molar-refractivity contribution is 0.238. The summed E-state index contributed by atoms with van der Waals surface area (Å²) in [5, 5.41) is 40.1. The van der Waals surface area contributed by atoms with Gasteiger partial charge in [0.2, 0.25) is 0 Å². The first kappa shape index (κ1) is 19.6. The third-order valence-corrected chi connectivity index (χ3v) is 4.65. The van der Waals surface area contributed by atoms with Gasteiger partial charge in [-0.15, -0.1) is 0 Å². The van der Waals surface area contributed by atoms with E-state index >= 15 is 0 Å². The van der Waals surface area contributed by atoms with Gasteiger partial charge in [-0.2, -0.15) is 8.42 Å². The summed E-state index contributed by atoms with van der Waals surface area (Å²) in [5.74, 6) is -2.97. The first-order chi connectivity index (χ1) is 14.0. The average Bonchev–Trinajstić information content (AvgIpc) is 2.65. The third-order valence-electron chi connectivity index (χ3n) is 4.23. The second-order valence-corrected chi connectivity index (χ2v) is 7.37. The van der Waals surface area contributed by atoms with E-state index < -0.39 is 40.0 Å². The SMILES string of the molecule is O=S(=O)(O)OCc1cc2c(O)c(-c3cc(O)c(O)c(O)c3)oc3cc(=[OH+])cc(o1)c32. The van der Waals surface area contributed by atoms with E-state index in [0.717, 1.165) is 12.1 Å². The predicted octanol–water partition coefficient (Wildman–Crippen LogP) is 1.99. The van der Waals surface area contributed by atoms with E-state index in [1.54, 1.807) is 0 Å². The fraction of sp³-hybridized carbons (Fsp3) is 0.0556. The van der Waals surface area contributed by atoms with Crippen LogP contribution in [0, 0.1) is 0 Å². The molecule has 0 bridgehead atoms. The van der Waals surface area contributed by atoms with Crippen molar-refractivity contribution in [2.75, 3.05) is 0 Å². The number of benzene rings is 2. The molecule has 156 valence electrons. The molecule has 6 N–H and O–H groups in total. The van der Waals surface area contributed by atoms with E-state index in [0.29, 0.717) is 0 Å². The molecule has 0 saturated carbocycles. The van der Waals surface area contributed by atoms with Crippen molar-refractivity contribution in [3.05, 3.63) is 41.5 Å². The molecule has 12 heteroatoms. The van der Waals surface area contributed by atoms with Crippen LogP contribution in [0.1, 0.15) is 5.76 Å². The molecule has 11 nitrogen and oxygen atoms in total. The predicted molar refractivity (Wildman–Crippen MR) is 99.5 cm³/mol. The van der Waals surface area contributed by atoms with Crippen molar-refractivity contribution in [2.24, 2.45) is 0 Å². The van der Waals surface area contributed by atoms with Crippen molar-refractivity contribution in [3.63, 3.8) is 0 Å². The largest absolute Gasteiger partial charge is 0.504 e. The van der Waals surface area contributed by atoms with Gasteiger partial charge in [-0.05, 0) is 18.2 Å². The minimum atomic E-state index is -4.77. The van der Waals surface area contributed by atoms with Crippen LogP contribution in [0.5, 0.6) is 23.0 Å². The summed E-state index contributed by atoms with van der Waals surface area (Å²) >= 11 is 0. The highest BCUT2D eigenvalue weighted by Crippen LogP contribution is 2.45. The Morgan fingerprint density at radius 1 is 0.900 bits per heavy atom. The van der Waals surface area contributed by atoms with Crippen LogP contribution in [0.3, 0.4) is 0 Å². The minimum absolute atomic E-state index is 0.0124. The second kappa shape index (κ2) is 6.66. The van der Waals surface area contributed by atoms with Crippen LogP contribution in [0.2, 0.25) is 0 Å². The summed E-state index contributed by atoms with van der Waals surface area (Å²) in [6.45, 7) is -0.711.